The number of hydrogen-bond acceptors (Lipinski definition) is 2. The Morgan fingerprint density at radius 2 is 2.33 bits per heavy atom. The van der Waals surface area contributed by atoms with E-state index in [1.165, 1.54) is 25.9 Å². The summed E-state index contributed by atoms with van der Waals surface area (Å²) in [6, 6.07) is 0.763. The standard InChI is InChI=1S/C10H22N2/c1-4-5-9(2)10-8-11-6-7-12(10)3/h9-11H,4-8H2,1-3H3. The van der Waals surface area contributed by atoms with Gasteiger partial charge in [-0.15, -0.1) is 0 Å². The van der Waals surface area contributed by atoms with Crippen LogP contribution < -0.4 is 5.32 Å². The molecule has 12 heavy (non-hydrogen) atoms. The minimum atomic E-state index is 0.763. The Labute approximate surface area is 76.3 Å². The number of rotatable bonds is 3. The molecule has 1 heterocycles. The highest BCUT2D eigenvalue weighted by atomic mass is 15.2. The summed E-state index contributed by atoms with van der Waals surface area (Å²) in [7, 11) is 2.25. The molecule has 0 bridgehead atoms. The van der Waals surface area contributed by atoms with Crippen molar-refractivity contribution >= 4 is 0 Å². The number of nitrogens with zero attached hydrogens (tertiary/aromatic N) is 1. The molecular formula is C10H22N2. The SMILES string of the molecule is CCCC(C)C1CNCCN1C. The van der Waals surface area contributed by atoms with Gasteiger partial charge >= 0.3 is 0 Å². The average Bonchev–Trinajstić information content (AvgIpc) is 2.05. The van der Waals surface area contributed by atoms with Crippen molar-refractivity contribution in [2.24, 2.45) is 5.92 Å². The van der Waals surface area contributed by atoms with E-state index < -0.39 is 0 Å². The summed E-state index contributed by atoms with van der Waals surface area (Å²) in [5.74, 6) is 0.841. The first-order valence-electron chi connectivity index (χ1n) is 5.16. The van der Waals surface area contributed by atoms with E-state index in [9.17, 15) is 0 Å². The van der Waals surface area contributed by atoms with Crippen LogP contribution in [0.1, 0.15) is 26.7 Å². The molecule has 0 aromatic carbocycles. The largest absolute Gasteiger partial charge is 0.314 e. The second kappa shape index (κ2) is 4.83. The van der Waals surface area contributed by atoms with E-state index in [1.54, 1.807) is 0 Å². The maximum Gasteiger partial charge on any atom is 0.0243 e. The zero-order chi connectivity index (χ0) is 8.97. The van der Waals surface area contributed by atoms with Crippen molar-refractivity contribution in [1.82, 2.24) is 10.2 Å². The monoisotopic (exact) mass is 170 g/mol. The van der Waals surface area contributed by atoms with Gasteiger partial charge in [0, 0.05) is 25.7 Å². The van der Waals surface area contributed by atoms with Crippen molar-refractivity contribution in [3.05, 3.63) is 0 Å². The van der Waals surface area contributed by atoms with E-state index in [4.69, 9.17) is 0 Å². The van der Waals surface area contributed by atoms with Gasteiger partial charge in [-0.1, -0.05) is 20.3 Å². The van der Waals surface area contributed by atoms with E-state index in [1.807, 2.05) is 0 Å². The summed E-state index contributed by atoms with van der Waals surface area (Å²) < 4.78 is 0. The first-order chi connectivity index (χ1) is 5.75. The van der Waals surface area contributed by atoms with Gasteiger partial charge in [-0.05, 0) is 19.4 Å². The molecule has 1 rings (SSSR count). The third-order valence-corrected chi connectivity index (χ3v) is 2.96. The predicted molar refractivity (Wildman–Crippen MR) is 53.4 cm³/mol. The molecule has 1 aliphatic rings. The Hall–Kier alpha value is -0.0800. The van der Waals surface area contributed by atoms with E-state index >= 15 is 0 Å². The molecule has 2 heteroatoms. The van der Waals surface area contributed by atoms with Gasteiger partial charge in [0.25, 0.3) is 0 Å². The first kappa shape index (κ1) is 10.0. The second-order valence-corrected chi connectivity index (χ2v) is 4.02. The Bertz CT molecular complexity index is 125. The zero-order valence-corrected chi connectivity index (χ0v) is 8.64. The molecule has 0 amide bonds. The van der Waals surface area contributed by atoms with Crippen LogP contribution in [0.2, 0.25) is 0 Å². The predicted octanol–water partition coefficient (Wildman–Crippen LogP) is 1.33. The van der Waals surface area contributed by atoms with Crippen LogP contribution in [0, 0.1) is 5.92 Å². The van der Waals surface area contributed by atoms with Crippen molar-refractivity contribution in [3.8, 4) is 0 Å². The lowest BCUT2D eigenvalue weighted by Crippen LogP contribution is -2.52. The Kier molecular flexibility index (Phi) is 4.02. The van der Waals surface area contributed by atoms with Crippen molar-refractivity contribution in [3.63, 3.8) is 0 Å². The van der Waals surface area contributed by atoms with Gasteiger partial charge in [-0.3, -0.25) is 0 Å². The molecule has 2 nitrogen and oxygen atoms in total. The second-order valence-electron chi connectivity index (χ2n) is 4.02. The summed E-state index contributed by atoms with van der Waals surface area (Å²) in [4.78, 5) is 2.50. The summed E-state index contributed by atoms with van der Waals surface area (Å²) in [6.45, 7) is 8.19. The Balaban J connectivity index is 2.36. The van der Waals surface area contributed by atoms with Gasteiger partial charge in [0.05, 0.1) is 0 Å². The van der Waals surface area contributed by atoms with Crippen LogP contribution in [0.3, 0.4) is 0 Å². The minimum absolute atomic E-state index is 0.763. The van der Waals surface area contributed by atoms with Crippen molar-refractivity contribution < 1.29 is 0 Å². The fraction of sp³-hybridized carbons (Fsp3) is 1.00. The lowest BCUT2D eigenvalue weighted by atomic mass is 9.94. The van der Waals surface area contributed by atoms with Gasteiger partial charge < -0.3 is 10.2 Å². The van der Waals surface area contributed by atoms with Gasteiger partial charge in [0.2, 0.25) is 0 Å². The van der Waals surface area contributed by atoms with Crippen molar-refractivity contribution in [2.75, 3.05) is 26.7 Å². The molecule has 0 spiro atoms. The molecule has 2 atom stereocenters. The maximum atomic E-state index is 3.46. The van der Waals surface area contributed by atoms with E-state index in [0.717, 1.165) is 18.5 Å². The Morgan fingerprint density at radius 1 is 1.58 bits per heavy atom. The quantitative estimate of drug-likeness (QED) is 0.687. The highest BCUT2D eigenvalue weighted by Gasteiger charge is 2.23. The fourth-order valence-corrected chi connectivity index (χ4v) is 2.11. The van der Waals surface area contributed by atoms with Crippen LogP contribution in [0.25, 0.3) is 0 Å². The molecule has 0 aromatic rings. The average molecular weight is 170 g/mol. The molecule has 1 aliphatic heterocycles. The third-order valence-electron chi connectivity index (χ3n) is 2.96. The summed E-state index contributed by atoms with van der Waals surface area (Å²) in [6.07, 6.45) is 2.67. The highest BCUT2D eigenvalue weighted by Crippen LogP contribution is 2.16. The van der Waals surface area contributed by atoms with Crippen LogP contribution in [-0.2, 0) is 0 Å². The fourth-order valence-electron chi connectivity index (χ4n) is 2.11. The number of nitrogens with one attached hydrogen (secondary N) is 1. The molecular weight excluding hydrogens is 148 g/mol. The van der Waals surface area contributed by atoms with Crippen LogP contribution in [0.15, 0.2) is 0 Å². The minimum Gasteiger partial charge on any atom is -0.314 e. The molecule has 0 radical (unpaired) electrons. The maximum absolute atomic E-state index is 3.46. The van der Waals surface area contributed by atoms with Gasteiger partial charge in [-0.2, -0.15) is 0 Å². The third kappa shape index (κ3) is 2.46. The zero-order valence-electron chi connectivity index (χ0n) is 8.64. The van der Waals surface area contributed by atoms with Crippen molar-refractivity contribution in [1.29, 1.82) is 0 Å². The summed E-state index contributed by atoms with van der Waals surface area (Å²) in [5, 5.41) is 3.46. The van der Waals surface area contributed by atoms with Gasteiger partial charge in [0.15, 0.2) is 0 Å². The smallest absolute Gasteiger partial charge is 0.0243 e. The van der Waals surface area contributed by atoms with Crippen LogP contribution >= 0.6 is 0 Å². The van der Waals surface area contributed by atoms with Gasteiger partial charge in [0.1, 0.15) is 0 Å². The van der Waals surface area contributed by atoms with E-state index in [0.29, 0.717) is 0 Å². The Morgan fingerprint density at radius 3 is 2.92 bits per heavy atom. The molecule has 2 unspecified atom stereocenters. The normalized spacial score (nSPS) is 28.8. The molecule has 0 aliphatic carbocycles. The summed E-state index contributed by atoms with van der Waals surface area (Å²) in [5.41, 5.74) is 0. The molecule has 0 saturated carbocycles. The van der Waals surface area contributed by atoms with Crippen molar-refractivity contribution in [2.45, 2.75) is 32.7 Å². The lowest BCUT2D eigenvalue weighted by molar-refractivity contribution is 0.144. The number of hydrogen-bond donors (Lipinski definition) is 1. The molecule has 1 saturated heterocycles. The van der Waals surface area contributed by atoms with Crippen LogP contribution in [0.5, 0.6) is 0 Å². The number of piperazine rings is 1. The van der Waals surface area contributed by atoms with E-state index in [2.05, 4.69) is 31.1 Å². The number of likely N-dealkylation sites (N-methyl/N-ethyl adjacent to an activating group) is 1. The first-order valence-corrected chi connectivity index (χ1v) is 5.16. The lowest BCUT2D eigenvalue weighted by Gasteiger charge is -2.37. The topological polar surface area (TPSA) is 15.3 Å². The summed E-state index contributed by atoms with van der Waals surface area (Å²) >= 11 is 0. The van der Waals surface area contributed by atoms with E-state index in [-0.39, 0.29) is 0 Å². The van der Waals surface area contributed by atoms with Crippen LogP contribution in [-0.4, -0.2) is 37.6 Å². The van der Waals surface area contributed by atoms with Gasteiger partial charge in [-0.25, -0.2) is 0 Å². The molecule has 0 aromatic heterocycles. The van der Waals surface area contributed by atoms with Crippen LogP contribution in [0.4, 0.5) is 0 Å². The molecule has 1 N–H and O–H groups in total. The molecule has 1 fully saturated rings. The highest BCUT2D eigenvalue weighted by molar-refractivity contribution is 4.81. The molecule has 72 valence electrons.